The lowest BCUT2D eigenvalue weighted by molar-refractivity contribution is 0.339. The normalized spacial score (nSPS) is 12.5. The molecule has 0 saturated heterocycles. The molecule has 0 aliphatic carbocycles. The van der Waals surface area contributed by atoms with Gasteiger partial charge in [0, 0.05) is 0 Å². The van der Waals surface area contributed by atoms with Crippen molar-refractivity contribution in [1.29, 1.82) is 0 Å². The summed E-state index contributed by atoms with van der Waals surface area (Å²) in [6.07, 6.45) is 3.07. The second kappa shape index (κ2) is 6.48. The molecule has 94 valence electrons. The molecule has 0 fully saturated rings. The molecule has 0 amide bonds. The molecule has 0 saturated carbocycles. The van der Waals surface area contributed by atoms with Gasteiger partial charge in [-0.15, -0.1) is 6.58 Å². The molecule has 1 heteroatoms. The first-order valence-corrected chi connectivity index (χ1v) is 6.46. The Bertz CT molecular complexity index is 366. The molecule has 1 atom stereocenters. The van der Waals surface area contributed by atoms with Crippen LogP contribution in [0.1, 0.15) is 44.7 Å². The summed E-state index contributed by atoms with van der Waals surface area (Å²) in [6, 6.07) is 6.55. The molecule has 1 rings (SSSR count). The summed E-state index contributed by atoms with van der Waals surface area (Å²) in [6.45, 7) is 13.2. The summed E-state index contributed by atoms with van der Waals surface area (Å²) in [5.74, 6) is 2.02. The first-order valence-electron chi connectivity index (χ1n) is 6.46. The monoisotopic (exact) mass is 232 g/mol. The van der Waals surface area contributed by atoms with E-state index in [1.54, 1.807) is 0 Å². The van der Waals surface area contributed by atoms with Crippen LogP contribution in [-0.2, 0) is 6.42 Å². The van der Waals surface area contributed by atoms with E-state index in [9.17, 15) is 0 Å². The first-order chi connectivity index (χ1) is 8.06. The minimum Gasteiger partial charge on any atom is -0.494 e. The van der Waals surface area contributed by atoms with Crippen molar-refractivity contribution in [2.45, 2.75) is 40.0 Å². The van der Waals surface area contributed by atoms with Gasteiger partial charge in [-0.1, -0.05) is 32.9 Å². The Labute approximate surface area is 106 Å². The van der Waals surface area contributed by atoms with E-state index < -0.39 is 0 Å². The lowest BCUT2D eigenvalue weighted by Gasteiger charge is -2.14. The molecular formula is C16H24O. The summed E-state index contributed by atoms with van der Waals surface area (Å²) in [4.78, 5) is 0. The van der Waals surface area contributed by atoms with E-state index in [-0.39, 0.29) is 0 Å². The van der Waals surface area contributed by atoms with Crippen LogP contribution < -0.4 is 4.74 Å². The maximum atomic E-state index is 5.63. The Morgan fingerprint density at radius 1 is 1.24 bits per heavy atom. The number of benzene rings is 1. The van der Waals surface area contributed by atoms with Crippen LogP contribution in [0, 0.1) is 5.92 Å². The summed E-state index contributed by atoms with van der Waals surface area (Å²) >= 11 is 0. The lowest BCUT2D eigenvalue weighted by atomic mass is 9.95. The number of rotatable bonds is 6. The highest BCUT2D eigenvalue weighted by Crippen LogP contribution is 2.25. The molecular weight excluding hydrogens is 208 g/mol. The summed E-state index contributed by atoms with van der Waals surface area (Å²) in [5.41, 5.74) is 2.65. The Kier molecular flexibility index (Phi) is 5.27. The van der Waals surface area contributed by atoms with Crippen molar-refractivity contribution in [2.24, 2.45) is 5.92 Å². The third-order valence-electron chi connectivity index (χ3n) is 2.82. The standard InChI is InChI=1S/C16H24O/c1-6-13(5)15-9-14(8-12(3)4)10-16(11-15)17-7-2/h6,9-13H,1,7-8H2,2-5H3. The van der Waals surface area contributed by atoms with E-state index in [0.717, 1.165) is 12.2 Å². The van der Waals surface area contributed by atoms with Crippen LogP contribution in [0.25, 0.3) is 0 Å². The average molecular weight is 232 g/mol. The third kappa shape index (κ3) is 4.26. The van der Waals surface area contributed by atoms with Gasteiger partial charge in [-0.3, -0.25) is 0 Å². The predicted molar refractivity (Wildman–Crippen MR) is 74.8 cm³/mol. The summed E-state index contributed by atoms with van der Waals surface area (Å²) in [7, 11) is 0. The van der Waals surface area contributed by atoms with Gasteiger partial charge in [0.2, 0.25) is 0 Å². The van der Waals surface area contributed by atoms with Gasteiger partial charge in [0.25, 0.3) is 0 Å². The zero-order valence-electron chi connectivity index (χ0n) is 11.5. The number of hydrogen-bond donors (Lipinski definition) is 0. The smallest absolute Gasteiger partial charge is 0.119 e. The lowest BCUT2D eigenvalue weighted by Crippen LogP contribution is -2.00. The molecule has 1 nitrogen and oxygen atoms in total. The molecule has 0 bridgehead atoms. The highest BCUT2D eigenvalue weighted by Gasteiger charge is 2.07. The van der Waals surface area contributed by atoms with E-state index in [0.29, 0.717) is 18.4 Å². The minimum atomic E-state index is 0.376. The fourth-order valence-corrected chi connectivity index (χ4v) is 1.92. The molecule has 1 unspecified atom stereocenters. The minimum absolute atomic E-state index is 0.376. The molecule has 17 heavy (non-hydrogen) atoms. The van der Waals surface area contributed by atoms with E-state index >= 15 is 0 Å². The molecule has 0 heterocycles. The molecule has 0 spiro atoms. The Morgan fingerprint density at radius 2 is 1.94 bits per heavy atom. The van der Waals surface area contributed by atoms with Crippen LogP contribution in [-0.4, -0.2) is 6.61 Å². The fourth-order valence-electron chi connectivity index (χ4n) is 1.92. The first kappa shape index (κ1) is 13.8. The van der Waals surface area contributed by atoms with Gasteiger partial charge >= 0.3 is 0 Å². The van der Waals surface area contributed by atoms with Gasteiger partial charge < -0.3 is 4.74 Å². The third-order valence-corrected chi connectivity index (χ3v) is 2.82. The van der Waals surface area contributed by atoms with Crippen molar-refractivity contribution >= 4 is 0 Å². The Hall–Kier alpha value is -1.24. The maximum Gasteiger partial charge on any atom is 0.119 e. The predicted octanol–water partition coefficient (Wildman–Crippen LogP) is 4.57. The van der Waals surface area contributed by atoms with Crippen molar-refractivity contribution in [3.8, 4) is 5.75 Å². The van der Waals surface area contributed by atoms with Crippen molar-refractivity contribution in [1.82, 2.24) is 0 Å². The molecule has 0 aromatic heterocycles. The van der Waals surface area contributed by atoms with E-state index in [4.69, 9.17) is 4.74 Å². The number of allylic oxidation sites excluding steroid dienone is 1. The zero-order valence-corrected chi connectivity index (χ0v) is 11.5. The molecule has 0 aliphatic rings. The molecule has 0 N–H and O–H groups in total. The maximum absolute atomic E-state index is 5.63. The van der Waals surface area contributed by atoms with Gasteiger partial charge in [0.1, 0.15) is 5.75 Å². The second-order valence-corrected chi connectivity index (χ2v) is 4.97. The quantitative estimate of drug-likeness (QED) is 0.653. The molecule has 1 aromatic rings. The van der Waals surface area contributed by atoms with Crippen molar-refractivity contribution in [3.63, 3.8) is 0 Å². The van der Waals surface area contributed by atoms with Gasteiger partial charge in [-0.2, -0.15) is 0 Å². The van der Waals surface area contributed by atoms with Crippen LogP contribution in [0.15, 0.2) is 30.9 Å². The highest BCUT2D eigenvalue weighted by molar-refractivity contribution is 5.37. The van der Waals surface area contributed by atoms with Gasteiger partial charge in [-0.25, -0.2) is 0 Å². The second-order valence-electron chi connectivity index (χ2n) is 4.97. The van der Waals surface area contributed by atoms with Gasteiger partial charge in [0.05, 0.1) is 6.61 Å². The van der Waals surface area contributed by atoms with E-state index in [1.807, 2.05) is 13.0 Å². The van der Waals surface area contributed by atoms with Crippen LogP contribution in [0.2, 0.25) is 0 Å². The van der Waals surface area contributed by atoms with Crippen molar-refractivity contribution in [3.05, 3.63) is 42.0 Å². The highest BCUT2D eigenvalue weighted by atomic mass is 16.5. The van der Waals surface area contributed by atoms with Crippen LogP contribution >= 0.6 is 0 Å². The van der Waals surface area contributed by atoms with Crippen molar-refractivity contribution < 1.29 is 4.74 Å². The number of hydrogen-bond acceptors (Lipinski definition) is 1. The molecule has 0 radical (unpaired) electrons. The Balaban J connectivity index is 3.04. The summed E-state index contributed by atoms with van der Waals surface area (Å²) in [5, 5.41) is 0. The van der Waals surface area contributed by atoms with Gasteiger partial charge in [0.15, 0.2) is 0 Å². The van der Waals surface area contributed by atoms with Crippen LogP contribution in [0.3, 0.4) is 0 Å². The van der Waals surface area contributed by atoms with Crippen LogP contribution in [0.4, 0.5) is 0 Å². The zero-order chi connectivity index (χ0) is 12.8. The average Bonchev–Trinajstić information content (AvgIpc) is 2.27. The topological polar surface area (TPSA) is 9.23 Å². The van der Waals surface area contributed by atoms with E-state index in [2.05, 4.69) is 45.5 Å². The van der Waals surface area contributed by atoms with Gasteiger partial charge in [-0.05, 0) is 48.4 Å². The molecule has 1 aromatic carbocycles. The number of ether oxygens (including phenoxy) is 1. The largest absolute Gasteiger partial charge is 0.494 e. The van der Waals surface area contributed by atoms with Crippen molar-refractivity contribution in [2.75, 3.05) is 6.61 Å². The SMILES string of the molecule is C=CC(C)c1cc(CC(C)C)cc(OCC)c1. The van der Waals surface area contributed by atoms with Crippen LogP contribution in [0.5, 0.6) is 5.75 Å². The Morgan fingerprint density at radius 3 is 2.47 bits per heavy atom. The fraction of sp³-hybridized carbons (Fsp3) is 0.500. The summed E-state index contributed by atoms with van der Waals surface area (Å²) < 4.78 is 5.63. The molecule has 0 aliphatic heterocycles. The van der Waals surface area contributed by atoms with E-state index in [1.165, 1.54) is 11.1 Å².